The van der Waals surface area contributed by atoms with Crippen LogP contribution in [0.3, 0.4) is 0 Å². The first-order valence-electron chi connectivity index (χ1n) is 18.5. The molecule has 0 radical (unpaired) electrons. The van der Waals surface area contributed by atoms with Crippen LogP contribution in [-0.2, 0) is 5.41 Å². The van der Waals surface area contributed by atoms with Crippen LogP contribution in [0.15, 0.2) is 194 Å². The van der Waals surface area contributed by atoms with Crippen LogP contribution in [0.2, 0.25) is 0 Å². The Morgan fingerprint density at radius 3 is 1.66 bits per heavy atom. The molecule has 0 fully saturated rings. The van der Waals surface area contributed by atoms with Crippen molar-refractivity contribution in [1.29, 1.82) is 0 Å². The van der Waals surface area contributed by atoms with Gasteiger partial charge in [-0.3, -0.25) is 0 Å². The lowest BCUT2D eigenvalue weighted by Gasteiger charge is -2.27. The van der Waals surface area contributed by atoms with Gasteiger partial charge in [0.2, 0.25) is 6.71 Å². The minimum Gasteiger partial charge on any atom is -0.310 e. The number of fused-ring (bicyclic) bond motifs is 4. The van der Waals surface area contributed by atoms with Crippen LogP contribution in [0.25, 0.3) is 34.1 Å². The molecule has 0 saturated carbocycles. The van der Waals surface area contributed by atoms with Crippen LogP contribution >= 0.6 is 0 Å². The molecule has 53 heavy (non-hydrogen) atoms. The van der Waals surface area contributed by atoms with Crippen molar-refractivity contribution in [3.8, 4) is 11.1 Å². The molecular formula is C51H40BN. The van der Waals surface area contributed by atoms with Gasteiger partial charge in [-0.05, 0) is 69.1 Å². The lowest BCUT2D eigenvalue weighted by molar-refractivity contribution is 0.660. The summed E-state index contributed by atoms with van der Waals surface area (Å²) in [7, 11) is 0. The van der Waals surface area contributed by atoms with Crippen molar-refractivity contribution in [2.24, 2.45) is 0 Å². The zero-order valence-corrected chi connectivity index (χ0v) is 30.2. The SMILES string of the molecule is CC1(C)c2cc(/C=C/c3ccc(N(c4ccccc4)c4cccc5ccccc45)cc3)ccc2-c2ccc(B(c3ccccc3)c3ccccc3)cc21. The lowest BCUT2D eigenvalue weighted by Crippen LogP contribution is -2.52. The van der Waals surface area contributed by atoms with E-state index in [1.165, 1.54) is 66.2 Å². The minimum atomic E-state index is -0.118. The van der Waals surface area contributed by atoms with E-state index < -0.39 is 0 Å². The molecule has 0 unspecified atom stereocenters. The highest BCUT2D eigenvalue weighted by atomic mass is 15.1. The van der Waals surface area contributed by atoms with Crippen molar-refractivity contribution in [2.45, 2.75) is 19.3 Å². The number of nitrogens with zero attached hydrogens (tertiary/aromatic N) is 1. The normalized spacial score (nSPS) is 12.8. The van der Waals surface area contributed by atoms with Gasteiger partial charge in [0.1, 0.15) is 0 Å². The summed E-state index contributed by atoms with van der Waals surface area (Å²) in [6.07, 6.45) is 4.48. The molecule has 252 valence electrons. The molecule has 0 aliphatic heterocycles. The number of rotatable bonds is 8. The largest absolute Gasteiger partial charge is 0.310 e. The summed E-state index contributed by atoms with van der Waals surface area (Å²) in [5, 5.41) is 2.46. The zero-order chi connectivity index (χ0) is 35.8. The Kier molecular flexibility index (Phi) is 8.37. The molecule has 2 heteroatoms. The average molecular weight is 678 g/mol. The first-order valence-corrected chi connectivity index (χ1v) is 18.5. The lowest BCUT2D eigenvalue weighted by atomic mass is 9.36. The molecule has 0 N–H and O–H groups in total. The molecule has 0 saturated heterocycles. The molecule has 0 spiro atoms. The Hall–Kier alpha value is -6.38. The van der Waals surface area contributed by atoms with Gasteiger partial charge in [-0.15, -0.1) is 0 Å². The smallest absolute Gasteiger partial charge is 0.241 e. The van der Waals surface area contributed by atoms with Gasteiger partial charge in [0.05, 0.1) is 5.69 Å². The molecule has 8 aromatic carbocycles. The van der Waals surface area contributed by atoms with E-state index in [9.17, 15) is 0 Å². The summed E-state index contributed by atoms with van der Waals surface area (Å²) >= 11 is 0. The van der Waals surface area contributed by atoms with Gasteiger partial charge in [-0.1, -0.05) is 206 Å². The first-order chi connectivity index (χ1) is 26.0. The Balaban J connectivity index is 1.01. The zero-order valence-electron chi connectivity index (χ0n) is 30.2. The van der Waals surface area contributed by atoms with Crippen molar-refractivity contribution in [3.63, 3.8) is 0 Å². The van der Waals surface area contributed by atoms with Crippen LogP contribution in [0.1, 0.15) is 36.1 Å². The van der Waals surface area contributed by atoms with Gasteiger partial charge in [0.25, 0.3) is 0 Å². The Labute approximate surface area is 313 Å². The number of benzene rings is 8. The van der Waals surface area contributed by atoms with E-state index in [1.807, 2.05) is 0 Å². The average Bonchev–Trinajstić information content (AvgIpc) is 3.44. The highest BCUT2D eigenvalue weighted by Crippen LogP contribution is 2.48. The van der Waals surface area contributed by atoms with Crippen LogP contribution < -0.4 is 21.3 Å². The molecule has 0 heterocycles. The second kappa shape index (κ2) is 13.6. The van der Waals surface area contributed by atoms with Crippen molar-refractivity contribution >= 4 is 63.1 Å². The van der Waals surface area contributed by atoms with Crippen LogP contribution in [0, 0.1) is 0 Å². The van der Waals surface area contributed by atoms with Crippen molar-refractivity contribution in [1.82, 2.24) is 0 Å². The summed E-state index contributed by atoms with van der Waals surface area (Å²) in [6.45, 7) is 4.93. The second-order valence-corrected chi connectivity index (χ2v) is 14.6. The standard InChI is InChI=1S/C51H40BN/c1-51(2)48-35-38(29-33-46(48)47-34-30-42(36-49(47)51)52(40-17-6-3-7-18-40)41-19-8-4-9-20-41)26-25-37-27-31-44(32-28-37)53(43-21-10-5-11-22-43)50-24-14-16-39-15-12-13-23-45(39)50/h3-36H,1-2H3/b26-25+. The minimum absolute atomic E-state index is 0.118. The van der Waals surface area contributed by atoms with Crippen LogP contribution in [-0.4, -0.2) is 6.71 Å². The van der Waals surface area contributed by atoms with Crippen LogP contribution in [0.5, 0.6) is 0 Å². The van der Waals surface area contributed by atoms with E-state index >= 15 is 0 Å². The molecule has 0 aromatic heterocycles. The fourth-order valence-corrected chi connectivity index (χ4v) is 8.26. The fraction of sp³-hybridized carbons (Fsp3) is 0.0588. The molecule has 1 nitrogen and oxygen atoms in total. The van der Waals surface area contributed by atoms with Crippen molar-refractivity contribution in [3.05, 3.63) is 216 Å². The highest BCUT2D eigenvalue weighted by Gasteiger charge is 2.36. The van der Waals surface area contributed by atoms with E-state index in [1.54, 1.807) is 0 Å². The molecule has 8 aromatic rings. The number of para-hydroxylation sites is 1. The molecular weight excluding hydrogens is 637 g/mol. The second-order valence-electron chi connectivity index (χ2n) is 14.6. The number of hydrogen-bond acceptors (Lipinski definition) is 1. The van der Waals surface area contributed by atoms with E-state index in [0.29, 0.717) is 0 Å². The maximum absolute atomic E-state index is 2.47. The molecule has 0 amide bonds. The monoisotopic (exact) mass is 677 g/mol. The molecule has 0 atom stereocenters. The maximum Gasteiger partial charge on any atom is 0.241 e. The third kappa shape index (κ3) is 6.07. The van der Waals surface area contributed by atoms with Gasteiger partial charge in [0.15, 0.2) is 0 Å². The van der Waals surface area contributed by atoms with Gasteiger partial charge in [-0.25, -0.2) is 0 Å². The molecule has 0 bridgehead atoms. The van der Waals surface area contributed by atoms with Gasteiger partial charge < -0.3 is 4.90 Å². The predicted molar refractivity (Wildman–Crippen MR) is 229 cm³/mol. The Morgan fingerprint density at radius 2 is 0.962 bits per heavy atom. The quantitative estimate of drug-likeness (QED) is 0.114. The first kappa shape index (κ1) is 32.5. The van der Waals surface area contributed by atoms with Gasteiger partial charge >= 0.3 is 0 Å². The van der Waals surface area contributed by atoms with Crippen molar-refractivity contribution in [2.75, 3.05) is 4.90 Å². The fourth-order valence-electron chi connectivity index (χ4n) is 8.26. The van der Waals surface area contributed by atoms with E-state index in [0.717, 1.165) is 11.4 Å². The Bertz CT molecular complexity index is 2530. The maximum atomic E-state index is 2.47. The number of anilines is 3. The third-order valence-electron chi connectivity index (χ3n) is 11.0. The Morgan fingerprint density at radius 1 is 0.434 bits per heavy atom. The predicted octanol–water partition coefficient (Wildman–Crippen LogP) is 11.3. The topological polar surface area (TPSA) is 3.24 Å². The summed E-state index contributed by atoms with van der Waals surface area (Å²) in [5.41, 5.74) is 15.1. The van der Waals surface area contributed by atoms with Gasteiger partial charge in [-0.2, -0.15) is 0 Å². The molecule has 9 rings (SSSR count). The third-order valence-corrected chi connectivity index (χ3v) is 11.0. The van der Waals surface area contributed by atoms with E-state index in [2.05, 4.69) is 225 Å². The summed E-state index contributed by atoms with van der Waals surface area (Å²) in [5.74, 6) is 0. The summed E-state index contributed by atoms with van der Waals surface area (Å²) in [6, 6.07) is 70.6. The molecule has 1 aliphatic carbocycles. The number of hydrogen-bond donors (Lipinski definition) is 0. The van der Waals surface area contributed by atoms with E-state index in [4.69, 9.17) is 0 Å². The molecule has 1 aliphatic rings. The van der Waals surface area contributed by atoms with E-state index in [-0.39, 0.29) is 12.1 Å². The van der Waals surface area contributed by atoms with Gasteiger partial charge in [0, 0.05) is 22.2 Å². The summed E-state index contributed by atoms with van der Waals surface area (Å²) < 4.78 is 0. The summed E-state index contributed by atoms with van der Waals surface area (Å²) in [4.78, 5) is 2.35. The van der Waals surface area contributed by atoms with Crippen LogP contribution in [0.4, 0.5) is 17.1 Å². The highest BCUT2D eigenvalue weighted by molar-refractivity contribution is 6.95. The van der Waals surface area contributed by atoms with Crippen molar-refractivity contribution < 1.29 is 0 Å².